The average Bonchev–Trinajstić information content (AvgIpc) is 3.57. The fraction of sp³-hybridized carbons (Fsp3) is 0.739. The van der Waals surface area contributed by atoms with Crippen LogP contribution < -0.4 is 5.32 Å². The van der Waals surface area contributed by atoms with Crippen LogP contribution in [0.25, 0.3) is 0 Å². The summed E-state index contributed by atoms with van der Waals surface area (Å²) in [6, 6.07) is 5.41. The van der Waals surface area contributed by atoms with Crippen molar-refractivity contribution in [1.29, 1.82) is 0 Å². The van der Waals surface area contributed by atoms with Gasteiger partial charge in [-0.2, -0.15) is 0 Å². The summed E-state index contributed by atoms with van der Waals surface area (Å²) in [6.45, 7) is 7.67. The molecule has 0 spiro atoms. The molecule has 0 bridgehead atoms. The van der Waals surface area contributed by atoms with Crippen molar-refractivity contribution in [3.63, 3.8) is 0 Å². The molecule has 3 heterocycles. The lowest BCUT2D eigenvalue weighted by Crippen LogP contribution is -2.50. The van der Waals surface area contributed by atoms with Gasteiger partial charge in [-0.1, -0.05) is 18.9 Å². The molecule has 1 unspecified atom stereocenters. The number of hydrogen-bond donors (Lipinski definition) is 1. The Balaban J connectivity index is 1.15. The van der Waals surface area contributed by atoms with Gasteiger partial charge >= 0.3 is 0 Å². The van der Waals surface area contributed by atoms with E-state index in [9.17, 15) is 4.79 Å². The molecular weight excluding hydrogens is 348 g/mol. The maximum absolute atomic E-state index is 12.5. The second-order valence-electron chi connectivity index (χ2n) is 9.18. The van der Waals surface area contributed by atoms with Gasteiger partial charge in [-0.3, -0.25) is 9.78 Å². The zero-order valence-electron chi connectivity index (χ0n) is 17.4. The molecule has 5 nitrogen and oxygen atoms in total. The summed E-state index contributed by atoms with van der Waals surface area (Å²) in [5.74, 6) is 1.41. The number of piperidine rings is 2. The van der Waals surface area contributed by atoms with Gasteiger partial charge in [0, 0.05) is 36.9 Å². The third-order valence-corrected chi connectivity index (χ3v) is 7.10. The molecule has 4 rings (SSSR count). The Morgan fingerprint density at radius 2 is 1.89 bits per heavy atom. The van der Waals surface area contributed by atoms with Crippen molar-refractivity contribution in [2.75, 3.05) is 26.2 Å². The Labute approximate surface area is 169 Å². The largest absolute Gasteiger partial charge is 0.352 e. The van der Waals surface area contributed by atoms with Crippen molar-refractivity contribution in [1.82, 2.24) is 20.1 Å². The lowest BCUT2D eigenvalue weighted by atomic mass is 9.92. The molecule has 3 aliphatic rings. The van der Waals surface area contributed by atoms with Crippen LogP contribution in [-0.4, -0.2) is 59.0 Å². The van der Waals surface area contributed by atoms with E-state index in [4.69, 9.17) is 0 Å². The van der Waals surface area contributed by atoms with Crippen LogP contribution in [0.2, 0.25) is 0 Å². The molecule has 28 heavy (non-hydrogen) atoms. The van der Waals surface area contributed by atoms with Crippen LogP contribution in [0.1, 0.15) is 57.4 Å². The summed E-state index contributed by atoms with van der Waals surface area (Å²) in [7, 11) is 0. The van der Waals surface area contributed by atoms with Gasteiger partial charge < -0.3 is 15.1 Å². The summed E-state index contributed by atoms with van der Waals surface area (Å²) >= 11 is 0. The maximum Gasteiger partial charge on any atom is 0.223 e. The zero-order valence-corrected chi connectivity index (χ0v) is 17.4. The van der Waals surface area contributed by atoms with E-state index in [-0.39, 0.29) is 11.8 Å². The monoisotopic (exact) mass is 384 g/mol. The van der Waals surface area contributed by atoms with Crippen molar-refractivity contribution in [2.24, 2.45) is 11.8 Å². The average molecular weight is 385 g/mol. The van der Waals surface area contributed by atoms with Gasteiger partial charge in [-0.15, -0.1) is 0 Å². The standard InChI is InChI=1S/C23H36N4O/c1-18(15-19-4-5-19)26-13-8-22(9-14-26)27-11-6-21(7-12-27)23(28)25-17-20-3-2-10-24-16-20/h2-3,10,16,18-19,21-22H,4-9,11-15,17H2,1H3,(H,25,28). The summed E-state index contributed by atoms with van der Waals surface area (Å²) in [5.41, 5.74) is 1.07. The fourth-order valence-corrected chi connectivity index (χ4v) is 5.04. The molecule has 0 aromatic carbocycles. The Morgan fingerprint density at radius 3 is 2.54 bits per heavy atom. The van der Waals surface area contributed by atoms with E-state index in [0.717, 1.165) is 49.5 Å². The highest BCUT2D eigenvalue weighted by atomic mass is 16.1. The first-order valence-corrected chi connectivity index (χ1v) is 11.3. The van der Waals surface area contributed by atoms with Crippen molar-refractivity contribution in [2.45, 2.75) is 70.5 Å². The lowest BCUT2D eigenvalue weighted by Gasteiger charge is -2.43. The van der Waals surface area contributed by atoms with E-state index in [0.29, 0.717) is 6.54 Å². The van der Waals surface area contributed by atoms with E-state index >= 15 is 0 Å². The number of rotatable bonds is 7. The van der Waals surface area contributed by atoms with E-state index in [1.807, 2.05) is 18.3 Å². The third-order valence-electron chi connectivity index (χ3n) is 7.10. The number of pyridine rings is 1. The van der Waals surface area contributed by atoms with Gasteiger partial charge in [0.25, 0.3) is 0 Å². The number of nitrogens with zero attached hydrogens (tertiary/aromatic N) is 3. The molecular formula is C23H36N4O. The molecule has 1 aliphatic carbocycles. The Kier molecular flexibility index (Phi) is 6.63. The van der Waals surface area contributed by atoms with Crippen molar-refractivity contribution >= 4 is 5.91 Å². The quantitative estimate of drug-likeness (QED) is 0.785. The Hall–Kier alpha value is -1.46. The number of nitrogens with one attached hydrogen (secondary N) is 1. The number of amides is 1. The number of hydrogen-bond acceptors (Lipinski definition) is 4. The second-order valence-corrected chi connectivity index (χ2v) is 9.18. The fourth-order valence-electron chi connectivity index (χ4n) is 5.04. The topological polar surface area (TPSA) is 48.5 Å². The number of likely N-dealkylation sites (tertiary alicyclic amines) is 2. The van der Waals surface area contributed by atoms with Crippen LogP contribution in [-0.2, 0) is 11.3 Å². The summed E-state index contributed by atoms with van der Waals surface area (Å²) in [5, 5.41) is 3.10. The molecule has 1 saturated carbocycles. The SMILES string of the molecule is CC(CC1CC1)N1CCC(N2CCC(C(=O)NCc3cccnc3)CC2)CC1. The minimum absolute atomic E-state index is 0.173. The molecule has 2 saturated heterocycles. The van der Waals surface area contributed by atoms with Crippen LogP contribution >= 0.6 is 0 Å². The maximum atomic E-state index is 12.5. The first kappa shape index (κ1) is 19.8. The van der Waals surface area contributed by atoms with E-state index < -0.39 is 0 Å². The molecule has 154 valence electrons. The molecule has 3 fully saturated rings. The first-order valence-electron chi connectivity index (χ1n) is 11.3. The second kappa shape index (κ2) is 9.36. The van der Waals surface area contributed by atoms with Crippen molar-refractivity contribution in [3.05, 3.63) is 30.1 Å². The molecule has 1 aromatic heterocycles. The van der Waals surface area contributed by atoms with Gasteiger partial charge in [0.05, 0.1) is 0 Å². The molecule has 5 heteroatoms. The summed E-state index contributed by atoms with van der Waals surface area (Å²) in [4.78, 5) is 22.0. The minimum atomic E-state index is 0.173. The number of aromatic nitrogens is 1. The zero-order chi connectivity index (χ0) is 19.3. The van der Waals surface area contributed by atoms with Crippen LogP contribution in [0.5, 0.6) is 0 Å². The van der Waals surface area contributed by atoms with E-state index in [2.05, 4.69) is 27.0 Å². The van der Waals surface area contributed by atoms with Crippen molar-refractivity contribution < 1.29 is 4.79 Å². The summed E-state index contributed by atoms with van der Waals surface area (Å²) < 4.78 is 0. The molecule has 1 aromatic rings. The molecule has 0 radical (unpaired) electrons. The summed E-state index contributed by atoms with van der Waals surface area (Å²) in [6.07, 6.45) is 12.5. The highest BCUT2D eigenvalue weighted by Gasteiger charge is 2.32. The van der Waals surface area contributed by atoms with Gasteiger partial charge in [-0.05, 0) is 82.8 Å². The Bertz CT molecular complexity index is 617. The van der Waals surface area contributed by atoms with Gasteiger partial charge in [0.2, 0.25) is 5.91 Å². The van der Waals surface area contributed by atoms with Crippen LogP contribution in [0.15, 0.2) is 24.5 Å². The Morgan fingerprint density at radius 1 is 1.14 bits per heavy atom. The van der Waals surface area contributed by atoms with Gasteiger partial charge in [0.1, 0.15) is 0 Å². The number of carbonyl (C=O) groups is 1. The minimum Gasteiger partial charge on any atom is -0.352 e. The van der Waals surface area contributed by atoms with E-state index in [1.54, 1.807) is 6.20 Å². The van der Waals surface area contributed by atoms with E-state index in [1.165, 1.54) is 45.2 Å². The lowest BCUT2D eigenvalue weighted by molar-refractivity contribution is -0.126. The predicted octanol–water partition coefficient (Wildman–Crippen LogP) is 3.06. The van der Waals surface area contributed by atoms with Gasteiger partial charge in [-0.25, -0.2) is 0 Å². The molecule has 1 amide bonds. The van der Waals surface area contributed by atoms with Crippen LogP contribution in [0, 0.1) is 11.8 Å². The smallest absolute Gasteiger partial charge is 0.223 e. The number of carbonyl (C=O) groups excluding carboxylic acids is 1. The molecule has 1 atom stereocenters. The highest BCUT2D eigenvalue weighted by molar-refractivity contribution is 5.78. The molecule has 1 N–H and O–H groups in total. The van der Waals surface area contributed by atoms with Crippen molar-refractivity contribution in [3.8, 4) is 0 Å². The normalized spacial score (nSPS) is 24.2. The predicted molar refractivity (Wildman–Crippen MR) is 112 cm³/mol. The first-order chi connectivity index (χ1) is 13.7. The van der Waals surface area contributed by atoms with Crippen LogP contribution in [0.4, 0.5) is 0 Å². The van der Waals surface area contributed by atoms with Gasteiger partial charge in [0.15, 0.2) is 0 Å². The highest BCUT2D eigenvalue weighted by Crippen LogP contribution is 2.35. The van der Waals surface area contributed by atoms with Crippen LogP contribution in [0.3, 0.4) is 0 Å². The third kappa shape index (κ3) is 5.32. The molecule has 2 aliphatic heterocycles.